The van der Waals surface area contributed by atoms with E-state index in [1.165, 1.54) is 67.0 Å². The monoisotopic (exact) mass is 1470 g/mol. The first-order valence-electron chi connectivity index (χ1n) is 35.2. The second kappa shape index (κ2) is 30.4. The molecule has 106 heavy (non-hydrogen) atoms. The van der Waals surface area contributed by atoms with E-state index in [0.717, 1.165) is 172 Å². The van der Waals surface area contributed by atoms with E-state index in [4.69, 9.17) is 43.6 Å². The minimum atomic E-state index is -3.29. The van der Waals surface area contributed by atoms with Gasteiger partial charge in [0.1, 0.15) is 22.8 Å². The maximum Gasteiger partial charge on any atom is 0.224 e. The molecule has 0 N–H and O–H groups in total. The summed E-state index contributed by atoms with van der Waals surface area (Å²) in [5.74, 6) is 0. The van der Waals surface area contributed by atoms with Crippen molar-refractivity contribution in [3.05, 3.63) is 260 Å². The van der Waals surface area contributed by atoms with Gasteiger partial charge >= 0.3 is 0 Å². The van der Waals surface area contributed by atoms with Crippen molar-refractivity contribution in [3.63, 3.8) is 0 Å². The quantitative estimate of drug-likeness (QED) is 0.0537. The van der Waals surface area contributed by atoms with Gasteiger partial charge in [0, 0.05) is 160 Å². The molecule has 0 radical (unpaired) electrons. The minimum Gasteiger partial charge on any atom is -0.618 e. The Balaban J connectivity index is 0.000000107. The van der Waals surface area contributed by atoms with Gasteiger partial charge in [-0.15, -0.1) is 35.0 Å². The smallest absolute Gasteiger partial charge is 0.224 e. The van der Waals surface area contributed by atoms with Crippen LogP contribution in [-0.2, 0) is 61.7 Å². The summed E-state index contributed by atoms with van der Waals surface area (Å²) in [6, 6.07) is 59.4. The Bertz CT molecular complexity index is 6030. The molecule has 23 heteroatoms. The van der Waals surface area contributed by atoms with Crippen LogP contribution in [0.2, 0.25) is 0 Å². The van der Waals surface area contributed by atoms with Crippen LogP contribution < -0.4 is 4.73 Å². The molecule has 0 saturated heterocycles. The van der Waals surface area contributed by atoms with Crippen LogP contribution in [0.1, 0.15) is 48.5 Å². The fourth-order valence-corrected chi connectivity index (χ4v) is 16.1. The van der Waals surface area contributed by atoms with Crippen molar-refractivity contribution in [2.24, 2.45) is 0 Å². The van der Waals surface area contributed by atoms with Gasteiger partial charge in [-0.2, -0.15) is 25.1 Å². The lowest BCUT2D eigenvalue weighted by atomic mass is 9.97. The molecule has 0 saturated carbocycles. The standard InChI is InChI=1S/C21H18N4O2S.C21H18N4S.C20H16N4O.C20H16N4.CH2Cl2/c1-28(26,27)14-7-8-15-16(9-11-23-18(15)13-14)20-19-6-4-12-25(19)24-21(20)17-5-2-3-10-22-17;1-26-14-7-8-15-16(9-11-23-18(15)13-14)20-19-6-4-12-25(19)24-21(20)17-5-2-3-10-22-17;25-24-13-10-15(14-6-1-2-8-17(14)24)19-18-9-5-12-23(18)22-20(19)16-7-3-4-11-21-16;1-2-7-16-14(6-1)15(10-12-22-16)19-18-9-5-13-24(18)23-20(19)17-8-3-4-11-21-17;2-1-3/h2-3,5,7-11,13H,4,6,12H2,1H3;2-3,5,7-11,13H,4,6,12H2,1H3;1-4,6-8,10-11,13H,5,9,12H2;1-4,6-8,10-12H,5,9,13H2;1H2. The van der Waals surface area contributed by atoms with Crippen LogP contribution in [0.15, 0.2) is 241 Å². The second-order valence-electron chi connectivity index (χ2n) is 25.9. The lowest BCUT2D eigenvalue weighted by molar-refractivity contribution is -0.576. The molecule has 0 aliphatic carbocycles. The van der Waals surface area contributed by atoms with Crippen LogP contribution in [0, 0.1) is 5.21 Å². The van der Waals surface area contributed by atoms with Crippen molar-refractivity contribution in [1.29, 1.82) is 0 Å². The number of aryl methyl sites for hydroxylation is 4. The summed E-state index contributed by atoms with van der Waals surface area (Å²) in [5, 5.41) is 36.0. The maximum atomic E-state index is 12.2. The molecular formula is C83H70Cl2N16O3S2. The molecule has 0 spiro atoms. The summed E-state index contributed by atoms with van der Waals surface area (Å²) in [6.07, 6.45) is 26.2. The molecule has 4 aromatic carbocycles. The van der Waals surface area contributed by atoms with Crippen molar-refractivity contribution >= 4 is 88.4 Å². The average molecular weight is 1470 g/mol. The number of nitrogens with zero attached hydrogens (tertiary/aromatic N) is 16. The van der Waals surface area contributed by atoms with E-state index in [1.54, 1.807) is 48.7 Å². The highest BCUT2D eigenvalue weighted by Gasteiger charge is 2.31. The van der Waals surface area contributed by atoms with E-state index < -0.39 is 9.84 Å². The number of rotatable bonds is 10. The lowest BCUT2D eigenvalue weighted by Gasteiger charge is -2.09. The first-order chi connectivity index (χ1) is 52.0. The van der Waals surface area contributed by atoms with E-state index in [2.05, 4.69) is 108 Å². The molecule has 4 aliphatic rings. The van der Waals surface area contributed by atoms with E-state index in [9.17, 15) is 13.6 Å². The fourth-order valence-electron chi connectivity index (χ4n) is 15.0. The minimum absolute atomic E-state index is 0.194. The summed E-state index contributed by atoms with van der Waals surface area (Å²) in [7, 11) is -3.29. The van der Waals surface area contributed by atoms with Gasteiger partial charge in [-0.3, -0.25) is 53.6 Å². The van der Waals surface area contributed by atoms with Gasteiger partial charge in [0.05, 0.1) is 54.9 Å². The van der Waals surface area contributed by atoms with Crippen molar-refractivity contribution in [3.8, 4) is 90.1 Å². The Morgan fingerprint density at radius 2 is 0.764 bits per heavy atom. The number of hydrogen-bond donors (Lipinski definition) is 0. The predicted octanol–water partition coefficient (Wildman–Crippen LogP) is 17.2. The first kappa shape index (κ1) is 69.0. The van der Waals surface area contributed by atoms with E-state index in [0.29, 0.717) is 11.0 Å². The Morgan fingerprint density at radius 3 is 1.17 bits per heavy atom. The molecule has 526 valence electrons. The molecular weight excluding hydrogens is 1400 g/mol. The number of halogens is 2. The lowest BCUT2D eigenvalue weighted by Crippen LogP contribution is -2.26. The van der Waals surface area contributed by atoms with Crippen LogP contribution in [0.3, 0.4) is 0 Å². The molecule has 0 fully saturated rings. The predicted molar refractivity (Wildman–Crippen MR) is 421 cm³/mol. The summed E-state index contributed by atoms with van der Waals surface area (Å²) in [5.41, 5.74) is 24.7. The van der Waals surface area contributed by atoms with E-state index in [1.807, 2.05) is 146 Å². The number of benzene rings is 4. The number of fused-ring (bicyclic) bond motifs is 8. The summed E-state index contributed by atoms with van der Waals surface area (Å²) in [6.45, 7) is 3.80. The van der Waals surface area contributed by atoms with Crippen molar-refractivity contribution in [2.75, 3.05) is 17.9 Å². The Labute approximate surface area is 626 Å². The molecule has 20 rings (SSSR count). The molecule has 0 amide bonds. The highest BCUT2D eigenvalue weighted by molar-refractivity contribution is 7.98. The van der Waals surface area contributed by atoms with Gasteiger partial charge in [-0.1, -0.05) is 66.7 Å². The van der Waals surface area contributed by atoms with Gasteiger partial charge in [-0.25, -0.2) is 8.42 Å². The third kappa shape index (κ3) is 13.5. The second-order valence-corrected chi connectivity index (χ2v) is 29.7. The largest absolute Gasteiger partial charge is 0.618 e. The number of hydrogen-bond acceptors (Lipinski definition) is 15. The van der Waals surface area contributed by atoms with Crippen molar-refractivity contribution in [2.45, 2.75) is 87.3 Å². The number of pyridine rings is 8. The number of para-hydroxylation sites is 2. The molecule has 12 aromatic heterocycles. The number of aromatic nitrogens is 16. The average Bonchev–Trinajstić information content (AvgIpc) is 1.05. The van der Waals surface area contributed by atoms with Gasteiger partial charge < -0.3 is 5.21 Å². The molecule has 4 aliphatic heterocycles. The normalized spacial score (nSPS) is 13.2. The summed E-state index contributed by atoms with van der Waals surface area (Å²) < 4.78 is 33.2. The third-order valence-electron chi connectivity index (χ3n) is 19.6. The van der Waals surface area contributed by atoms with Crippen molar-refractivity contribution in [1.82, 2.24) is 74.0 Å². The molecule has 0 unspecified atom stereocenters. The zero-order valence-corrected chi connectivity index (χ0v) is 61.2. The van der Waals surface area contributed by atoms with Crippen LogP contribution >= 0.6 is 35.0 Å². The number of alkyl halides is 2. The van der Waals surface area contributed by atoms with Crippen LogP contribution in [-0.4, -0.2) is 100 Å². The Hall–Kier alpha value is -11.4. The zero-order chi connectivity index (χ0) is 72.3. The van der Waals surface area contributed by atoms with Crippen LogP contribution in [0.4, 0.5) is 0 Å². The number of thioether (sulfide) groups is 1. The first-order valence-corrected chi connectivity index (χ1v) is 39.4. The maximum absolute atomic E-state index is 12.2. The summed E-state index contributed by atoms with van der Waals surface area (Å²) >= 11 is 11.3. The van der Waals surface area contributed by atoms with Crippen molar-refractivity contribution < 1.29 is 13.1 Å². The summed E-state index contributed by atoms with van der Waals surface area (Å²) in [4.78, 5) is 33.1. The van der Waals surface area contributed by atoms with Crippen LogP contribution in [0.5, 0.6) is 0 Å². The van der Waals surface area contributed by atoms with E-state index in [-0.39, 0.29) is 10.2 Å². The fraction of sp³-hybridized carbons (Fsp3) is 0.181. The Morgan fingerprint density at radius 1 is 0.406 bits per heavy atom. The topological polar surface area (TPSA) is 223 Å². The molecule has 0 bridgehead atoms. The van der Waals surface area contributed by atoms with Gasteiger partial charge in [0.2, 0.25) is 5.52 Å². The molecule has 0 atom stereocenters. The molecule has 19 nitrogen and oxygen atoms in total. The molecule has 16 aromatic rings. The number of sulfone groups is 1. The Kier molecular flexibility index (Phi) is 19.8. The highest BCUT2D eigenvalue weighted by Crippen LogP contribution is 2.45. The third-order valence-corrected chi connectivity index (χ3v) is 21.5. The van der Waals surface area contributed by atoms with Gasteiger partial charge in [0.15, 0.2) is 16.0 Å². The van der Waals surface area contributed by atoms with E-state index >= 15 is 0 Å². The highest BCUT2D eigenvalue weighted by atomic mass is 35.5. The SMILES string of the molecule is CS(=O)(=O)c1ccc2c(-c3c(-c4ccccn4)nn4c3CCC4)ccnc2c1.CSc1ccc2c(-c3c(-c4ccccn4)nn4c3CCC4)ccnc2c1.ClCCl.[O-][n+]1ccc(-c2c(-c3ccccn3)nn3c2CCC3)c2ccccc21.c1ccc(-c2nn3c(c2-c2ccnc4ccccc24)CCC3)nc1. The zero-order valence-electron chi connectivity index (χ0n) is 58.1. The van der Waals surface area contributed by atoms with Gasteiger partial charge in [0.25, 0.3) is 0 Å². The molecule has 16 heterocycles. The van der Waals surface area contributed by atoms with Gasteiger partial charge in [-0.05, 0) is 177 Å². The van der Waals surface area contributed by atoms with Crippen LogP contribution in [0.25, 0.3) is 134 Å².